The Morgan fingerprint density at radius 3 is 2.89 bits per heavy atom. The van der Waals surface area contributed by atoms with Gasteiger partial charge in [-0.05, 0) is 17.7 Å². The molecule has 2 aromatic rings. The van der Waals surface area contributed by atoms with Crippen LogP contribution in [0.15, 0.2) is 41.3 Å². The van der Waals surface area contributed by atoms with E-state index in [2.05, 4.69) is 10.4 Å². The van der Waals surface area contributed by atoms with E-state index >= 15 is 0 Å². The first-order chi connectivity index (χ1) is 9.19. The third kappa shape index (κ3) is 3.81. The fourth-order valence-electron chi connectivity index (χ4n) is 1.67. The van der Waals surface area contributed by atoms with E-state index in [1.54, 1.807) is 12.3 Å². The number of nitrogens with one attached hydrogen (secondary N) is 1. The van der Waals surface area contributed by atoms with Gasteiger partial charge in [-0.2, -0.15) is 5.10 Å². The molecule has 3 N–H and O–H groups in total. The van der Waals surface area contributed by atoms with Crippen LogP contribution >= 0.6 is 11.6 Å². The minimum absolute atomic E-state index is 0.165. The van der Waals surface area contributed by atoms with Gasteiger partial charge in [0, 0.05) is 24.2 Å². The molecule has 0 unspecified atom stereocenters. The van der Waals surface area contributed by atoms with Gasteiger partial charge in [-0.3, -0.25) is 4.79 Å². The Hall–Kier alpha value is -1.85. The minimum Gasteiger partial charge on any atom is -0.382 e. The molecule has 2 rings (SSSR count). The standard InChI is InChI=1S/C13H15ClN4O/c14-11-3-1-2-10(6-11)9-18-13(19)7-12(8-17-18)16-5-4-15/h1-3,6-8,16H,4-5,9,15H2. The zero-order chi connectivity index (χ0) is 13.7. The van der Waals surface area contributed by atoms with Crippen molar-refractivity contribution in [3.05, 3.63) is 57.5 Å². The van der Waals surface area contributed by atoms with Gasteiger partial charge in [0.05, 0.1) is 18.4 Å². The molecule has 100 valence electrons. The van der Waals surface area contributed by atoms with Crippen molar-refractivity contribution in [2.75, 3.05) is 18.4 Å². The number of nitrogens with two attached hydrogens (primary N) is 1. The lowest BCUT2D eigenvalue weighted by atomic mass is 10.2. The summed E-state index contributed by atoms with van der Waals surface area (Å²) < 4.78 is 1.39. The molecule has 0 bridgehead atoms. The lowest BCUT2D eigenvalue weighted by Crippen LogP contribution is -2.24. The summed E-state index contributed by atoms with van der Waals surface area (Å²) in [4.78, 5) is 11.9. The highest BCUT2D eigenvalue weighted by molar-refractivity contribution is 6.30. The molecule has 0 fully saturated rings. The third-order valence-electron chi connectivity index (χ3n) is 2.56. The molecule has 0 radical (unpaired) electrons. The first-order valence-corrected chi connectivity index (χ1v) is 6.32. The highest BCUT2D eigenvalue weighted by Gasteiger charge is 2.01. The predicted molar refractivity (Wildman–Crippen MR) is 76.6 cm³/mol. The van der Waals surface area contributed by atoms with Crippen LogP contribution in [0.5, 0.6) is 0 Å². The van der Waals surface area contributed by atoms with Gasteiger partial charge in [-0.15, -0.1) is 0 Å². The maximum absolute atomic E-state index is 11.9. The highest BCUT2D eigenvalue weighted by atomic mass is 35.5. The molecule has 0 amide bonds. The molecule has 0 atom stereocenters. The highest BCUT2D eigenvalue weighted by Crippen LogP contribution is 2.11. The molecule has 5 nitrogen and oxygen atoms in total. The van der Waals surface area contributed by atoms with Crippen molar-refractivity contribution < 1.29 is 0 Å². The molecule has 0 spiro atoms. The molecule has 6 heteroatoms. The largest absolute Gasteiger partial charge is 0.382 e. The van der Waals surface area contributed by atoms with Gasteiger partial charge in [0.1, 0.15) is 0 Å². The van der Waals surface area contributed by atoms with Crippen molar-refractivity contribution >= 4 is 17.3 Å². The fourth-order valence-corrected chi connectivity index (χ4v) is 1.89. The Labute approximate surface area is 116 Å². The maximum atomic E-state index is 11.9. The second-order valence-corrected chi connectivity index (χ2v) is 4.52. The van der Waals surface area contributed by atoms with Crippen molar-refractivity contribution in [1.29, 1.82) is 0 Å². The molecule has 0 aliphatic rings. The molecule has 19 heavy (non-hydrogen) atoms. The van der Waals surface area contributed by atoms with Crippen molar-refractivity contribution in [3.8, 4) is 0 Å². The molecule has 0 saturated carbocycles. The Bertz CT molecular complexity index is 612. The first-order valence-electron chi connectivity index (χ1n) is 5.94. The van der Waals surface area contributed by atoms with E-state index in [4.69, 9.17) is 17.3 Å². The SMILES string of the molecule is NCCNc1cnn(Cc2cccc(Cl)c2)c(=O)c1. The number of anilines is 1. The summed E-state index contributed by atoms with van der Waals surface area (Å²) in [6.07, 6.45) is 1.61. The number of hydrogen-bond donors (Lipinski definition) is 2. The van der Waals surface area contributed by atoms with Gasteiger partial charge in [-0.25, -0.2) is 4.68 Å². The molecule has 0 saturated heterocycles. The molecular formula is C13H15ClN4O. The number of benzene rings is 1. The Morgan fingerprint density at radius 1 is 1.37 bits per heavy atom. The Kier molecular flexibility index (Phi) is 4.54. The third-order valence-corrected chi connectivity index (χ3v) is 2.80. The molecule has 0 aliphatic carbocycles. The van der Waals surface area contributed by atoms with Crippen molar-refractivity contribution in [1.82, 2.24) is 9.78 Å². The Balaban J connectivity index is 2.15. The van der Waals surface area contributed by atoms with Gasteiger partial charge in [-0.1, -0.05) is 23.7 Å². The van der Waals surface area contributed by atoms with E-state index < -0.39 is 0 Å². The number of aromatic nitrogens is 2. The van der Waals surface area contributed by atoms with Crippen LogP contribution in [0.1, 0.15) is 5.56 Å². The summed E-state index contributed by atoms with van der Waals surface area (Å²) in [6.45, 7) is 1.52. The first kappa shape index (κ1) is 13.6. The number of nitrogens with zero attached hydrogens (tertiary/aromatic N) is 2. The van der Waals surface area contributed by atoms with E-state index in [1.807, 2.05) is 18.2 Å². The van der Waals surface area contributed by atoms with Gasteiger partial charge >= 0.3 is 0 Å². The monoisotopic (exact) mass is 278 g/mol. The summed E-state index contributed by atoms with van der Waals surface area (Å²) in [5, 5.41) is 7.77. The van der Waals surface area contributed by atoms with E-state index in [-0.39, 0.29) is 5.56 Å². The van der Waals surface area contributed by atoms with E-state index in [9.17, 15) is 4.79 Å². The van der Waals surface area contributed by atoms with Crippen LogP contribution in [-0.2, 0) is 6.54 Å². The lowest BCUT2D eigenvalue weighted by molar-refractivity contribution is 0.639. The summed E-state index contributed by atoms with van der Waals surface area (Å²) >= 11 is 5.90. The summed E-state index contributed by atoms with van der Waals surface area (Å²) in [5.74, 6) is 0. The molecule has 1 aromatic carbocycles. The second-order valence-electron chi connectivity index (χ2n) is 4.09. The van der Waals surface area contributed by atoms with Crippen LogP contribution in [0.4, 0.5) is 5.69 Å². The van der Waals surface area contributed by atoms with Crippen molar-refractivity contribution in [2.45, 2.75) is 6.54 Å². The van der Waals surface area contributed by atoms with Crippen molar-refractivity contribution in [2.24, 2.45) is 5.73 Å². The smallest absolute Gasteiger partial charge is 0.269 e. The summed E-state index contributed by atoms with van der Waals surface area (Å²) in [7, 11) is 0. The number of hydrogen-bond acceptors (Lipinski definition) is 4. The summed E-state index contributed by atoms with van der Waals surface area (Å²) in [6, 6.07) is 8.87. The number of halogens is 1. The van der Waals surface area contributed by atoms with E-state index in [0.717, 1.165) is 5.56 Å². The van der Waals surface area contributed by atoms with Crippen molar-refractivity contribution in [3.63, 3.8) is 0 Å². The van der Waals surface area contributed by atoms with Gasteiger partial charge in [0.15, 0.2) is 0 Å². The predicted octanol–water partition coefficient (Wildman–Crippen LogP) is 1.32. The quantitative estimate of drug-likeness (QED) is 0.865. The minimum atomic E-state index is -0.165. The zero-order valence-corrected chi connectivity index (χ0v) is 11.1. The van der Waals surface area contributed by atoms with Gasteiger partial charge < -0.3 is 11.1 Å². The molecule has 1 heterocycles. The van der Waals surface area contributed by atoms with Crippen LogP contribution in [0, 0.1) is 0 Å². The second kappa shape index (κ2) is 6.36. The van der Waals surface area contributed by atoms with Crippen LogP contribution in [0.2, 0.25) is 5.02 Å². The average Bonchev–Trinajstić information content (AvgIpc) is 2.39. The van der Waals surface area contributed by atoms with E-state index in [0.29, 0.717) is 30.3 Å². The Morgan fingerprint density at radius 2 is 2.21 bits per heavy atom. The fraction of sp³-hybridized carbons (Fsp3) is 0.231. The van der Waals surface area contributed by atoms with Crippen LogP contribution in [-0.4, -0.2) is 22.9 Å². The van der Waals surface area contributed by atoms with Gasteiger partial charge in [0.25, 0.3) is 5.56 Å². The van der Waals surface area contributed by atoms with Crippen LogP contribution in [0.25, 0.3) is 0 Å². The lowest BCUT2D eigenvalue weighted by Gasteiger charge is -2.07. The number of rotatable bonds is 5. The molecule has 1 aromatic heterocycles. The zero-order valence-electron chi connectivity index (χ0n) is 10.3. The molecular weight excluding hydrogens is 264 g/mol. The van der Waals surface area contributed by atoms with Crippen LogP contribution in [0.3, 0.4) is 0 Å². The maximum Gasteiger partial charge on any atom is 0.269 e. The van der Waals surface area contributed by atoms with Gasteiger partial charge in [0.2, 0.25) is 0 Å². The van der Waals surface area contributed by atoms with E-state index in [1.165, 1.54) is 10.7 Å². The molecule has 0 aliphatic heterocycles. The average molecular weight is 279 g/mol. The van der Waals surface area contributed by atoms with Crippen LogP contribution < -0.4 is 16.6 Å². The topological polar surface area (TPSA) is 72.9 Å². The summed E-state index contributed by atoms with van der Waals surface area (Å²) in [5.41, 5.74) is 6.83. The normalized spacial score (nSPS) is 10.4.